The van der Waals surface area contributed by atoms with Gasteiger partial charge in [-0.25, -0.2) is 14.4 Å². The smallest absolute Gasteiger partial charge is 0.186 e. The molecule has 6 heteroatoms. The minimum Gasteiger partial charge on any atom is -0.353 e. The Labute approximate surface area is 131 Å². The van der Waals surface area contributed by atoms with E-state index in [0.29, 0.717) is 5.52 Å². The van der Waals surface area contributed by atoms with Crippen molar-refractivity contribution in [1.29, 1.82) is 0 Å². The Bertz CT molecular complexity index is 781. The first-order chi connectivity index (χ1) is 10.8. The summed E-state index contributed by atoms with van der Waals surface area (Å²) in [5, 5.41) is 0.903. The molecule has 1 fully saturated rings. The van der Waals surface area contributed by atoms with Crippen LogP contribution in [0, 0.1) is 5.82 Å². The Morgan fingerprint density at radius 3 is 2.50 bits per heavy atom. The lowest BCUT2D eigenvalue weighted by Gasteiger charge is -2.35. The maximum Gasteiger partial charge on any atom is 0.186 e. The number of anilines is 2. The fourth-order valence-electron chi connectivity index (χ4n) is 2.71. The van der Waals surface area contributed by atoms with Crippen LogP contribution in [0.4, 0.5) is 15.3 Å². The summed E-state index contributed by atoms with van der Waals surface area (Å²) in [4.78, 5) is 13.4. The van der Waals surface area contributed by atoms with Crippen LogP contribution in [0.5, 0.6) is 0 Å². The van der Waals surface area contributed by atoms with Gasteiger partial charge in [-0.05, 0) is 24.3 Å². The quantitative estimate of drug-likeness (QED) is 0.727. The molecule has 1 aliphatic heterocycles. The van der Waals surface area contributed by atoms with Crippen LogP contribution in [0.15, 0.2) is 42.6 Å². The van der Waals surface area contributed by atoms with E-state index in [9.17, 15) is 4.39 Å². The van der Waals surface area contributed by atoms with Crippen molar-refractivity contribution in [3.63, 3.8) is 0 Å². The van der Waals surface area contributed by atoms with Crippen molar-refractivity contribution >= 4 is 32.5 Å². The van der Waals surface area contributed by atoms with Crippen molar-refractivity contribution in [2.45, 2.75) is 0 Å². The van der Waals surface area contributed by atoms with Crippen molar-refractivity contribution < 1.29 is 4.39 Å². The third kappa shape index (κ3) is 2.39. The molecule has 4 rings (SSSR count). The lowest BCUT2D eigenvalue weighted by Crippen LogP contribution is -2.46. The normalized spacial score (nSPS) is 15.5. The topological polar surface area (TPSA) is 32.3 Å². The van der Waals surface area contributed by atoms with E-state index < -0.39 is 0 Å². The van der Waals surface area contributed by atoms with Crippen LogP contribution in [0.1, 0.15) is 0 Å². The molecule has 1 saturated heterocycles. The molecule has 0 amide bonds. The van der Waals surface area contributed by atoms with Crippen LogP contribution in [0.3, 0.4) is 0 Å². The summed E-state index contributed by atoms with van der Waals surface area (Å²) >= 11 is 1.56. The Hall–Kier alpha value is -2.21. The van der Waals surface area contributed by atoms with E-state index in [2.05, 4.69) is 19.8 Å². The fourth-order valence-corrected chi connectivity index (χ4v) is 3.74. The largest absolute Gasteiger partial charge is 0.353 e. The lowest BCUT2D eigenvalue weighted by molar-refractivity contribution is 0.634. The molecule has 0 unspecified atom stereocenters. The summed E-state index contributed by atoms with van der Waals surface area (Å²) < 4.78 is 14.7. The summed E-state index contributed by atoms with van der Waals surface area (Å²) in [6, 6.07) is 11.1. The first-order valence-corrected chi connectivity index (χ1v) is 8.09. The van der Waals surface area contributed by atoms with Crippen molar-refractivity contribution in [2.75, 3.05) is 36.0 Å². The van der Waals surface area contributed by atoms with Crippen molar-refractivity contribution in [1.82, 2.24) is 9.97 Å². The summed E-state index contributed by atoms with van der Waals surface area (Å²) in [6.45, 7) is 3.54. The maximum absolute atomic E-state index is 13.8. The monoisotopic (exact) mass is 314 g/mol. The van der Waals surface area contributed by atoms with Crippen LogP contribution < -0.4 is 9.80 Å². The number of para-hydroxylation sites is 1. The second kappa shape index (κ2) is 5.53. The van der Waals surface area contributed by atoms with Gasteiger partial charge < -0.3 is 9.80 Å². The fraction of sp³-hybridized carbons (Fsp3) is 0.250. The molecule has 0 saturated carbocycles. The summed E-state index contributed by atoms with van der Waals surface area (Å²) in [5.74, 6) is 0.768. The second-order valence-electron chi connectivity index (χ2n) is 5.25. The first-order valence-electron chi connectivity index (χ1n) is 7.27. The summed E-state index contributed by atoms with van der Waals surface area (Å²) in [6.07, 6.45) is 1.82. The van der Waals surface area contributed by atoms with E-state index in [-0.39, 0.29) is 5.82 Å². The molecule has 0 aliphatic carbocycles. The van der Waals surface area contributed by atoms with E-state index in [4.69, 9.17) is 0 Å². The van der Waals surface area contributed by atoms with Gasteiger partial charge in [0, 0.05) is 32.4 Å². The van der Waals surface area contributed by atoms with Crippen molar-refractivity contribution in [3.8, 4) is 0 Å². The van der Waals surface area contributed by atoms with Gasteiger partial charge in [0.2, 0.25) is 0 Å². The van der Waals surface area contributed by atoms with E-state index in [1.165, 1.54) is 6.07 Å². The van der Waals surface area contributed by atoms with Gasteiger partial charge in [0.15, 0.2) is 5.13 Å². The molecule has 0 atom stereocenters. The third-order valence-electron chi connectivity index (χ3n) is 3.88. The van der Waals surface area contributed by atoms with Crippen LogP contribution in [-0.2, 0) is 0 Å². The number of rotatable bonds is 2. The molecule has 0 spiro atoms. The number of hydrogen-bond acceptors (Lipinski definition) is 5. The highest BCUT2D eigenvalue weighted by Crippen LogP contribution is 2.30. The van der Waals surface area contributed by atoms with E-state index in [1.54, 1.807) is 17.4 Å². The molecule has 3 aromatic rings. The van der Waals surface area contributed by atoms with Gasteiger partial charge in [0.1, 0.15) is 17.2 Å². The zero-order valence-electron chi connectivity index (χ0n) is 11.9. The number of fused-ring (bicyclic) bond motifs is 1. The third-order valence-corrected chi connectivity index (χ3v) is 4.96. The first kappa shape index (κ1) is 13.5. The lowest BCUT2D eigenvalue weighted by atomic mass is 10.3. The van der Waals surface area contributed by atoms with Gasteiger partial charge >= 0.3 is 0 Å². The summed E-state index contributed by atoms with van der Waals surface area (Å²) in [7, 11) is 0. The molecule has 4 nitrogen and oxygen atoms in total. The number of hydrogen-bond donors (Lipinski definition) is 0. The zero-order valence-corrected chi connectivity index (χ0v) is 12.8. The summed E-state index contributed by atoms with van der Waals surface area (Å²) in [5.41, 5.74) is 0.481. The number of nitrogens with zero attached hydrogens (tertiary/aromatic N) is 4. The second-order valence-corrected chi connectivity index (χ2v) is 6.25. The Morgan fingerprint density at radius 1 is 0.955 bits per heavy atom. The molecule has 1 aliphatic rings. The minimum absolute atomic E-state index is 0.243. The molecular weight excluding hydrogens is 299 g/mol. The average molecular weight is 314 g/mol. The Kier molecular flexibility index (Phi) is 3.38. The molecule has 3 heterocycles. The standard InChI is InChI=1S/C16H15FN4S/c17-12-4-3-5-13-15(12)19-16(22-13)21-10-8-20(9-11-21)14-6-1-2-7-18-14/h1-7H,8-11H2. The SMILES string of the molecule is Fc1cccc2sc(N3CCN(c4ccccn4)CC3)nc12. The molecule has 0 N–H and O–H groups in total. The number of thiazole rings is 1. The average Bonchev–Trinajstić information content (AvgIpc) is 3.02. The highest BCUT2D eigenvalue weighted by molar-refractivity contribution is 7.22. The highest BCUT2D eigenvalue weighted by atomic mass is 32.1. The van der Waals surface area contributed by atoms with E-state index >= 15 is 0 Å². The number of halogens is 1. The van der Waals surface area contributed by atoms with E-state index in [0.717, 1.165) is 41.8 Å². The van der Waals surface area contributed by atoms with Gasteiger partial charge in [-0.2, -0.15) is 0 Å². The predicted molar refractivity (Wildman–Crippen MR) is 88.2 cm³/mol. The Balaban J connectivity index is 1.52. The van der Waals surface area contributed by atoms with Crippen molar-refractivity contribution in [3.05, 3.63) is 48.4 Å². The number of aromatic nitrogens is 2. The van der Waals surface area contributed by atoms with Gasteiger partial charge in [0.25, 0.3) is 0 Å². The number of pyridine rings is 1. The van der Waals surface area contributed by atoms with Crippen LogP contribution in [0.25, 0.3) is 10.2 Å². The molecule has 0 bridgehead atoms. The van der Waals surface area contributed by atoms with Gasteiger partial charge in [-0.3, -0.25) is 0 Å². The molecule has 22 heavy (non-hydrogen) atoms. The molecular formula is C16H15FN4S. The maximum atomic E-state index is 13.8. The van der Waals surface area contributed by atoms with E-state index in [1.807, 2.05) is 30.5 Å². The van der Waals surface area contributed by atoms with Crippen molar-refractivity contribution in [2.24, 2.45) is 0 Å². The highest BCUT2D eigenvalue weighted by Gasteiger charge is 2.21. The van der Waals surface area contributed by atoms with Gasteiger partial charge in [-0.15, -0.1) is 0 Å². The zero-order chi connectivity index (χ0) is 14.9. The molecule has 2 aromatic heterocycles. The minimum atomic E-state index is -0.243. The van der Waals surface area contributed by atoms with Crippen LogP contribution >= 0.6 is 11.3 Å². The van der Waals surface area contributed by atoms with Crippen LogP contribution in [-0.4, -0.2) is 36.1 Å². The number of benzene rings is 1. The van der Waals surface area contributed by atoms with Gasteiger partial charge in [0.05, 0.1) is 4.70 Å². The number of piperazine rings is 1. The van der Waals surface area contributed by atoms with Gasteiger partial charge in [-0.1, -0.05) is 23.5 Å². The predicted octanol–water partition coefficient (Wildman–Crippen LogP) is 3.16. The Morgan fingerprint density at radius 2 is 1.77 bits per heavy atom. The molecule has 112 valence electrons. The van der Waals surface area contributed by atoms with Crippen LogP contribution in [0.2, 0.25) is 0 Å². The molecule has 1 aromatic carbocycles. The molecule has 0 radical (unpaired) electrons.